The van der Waals surface area contributed by atoms with Gasteiger partial charge >= 0.3 is 0 Å². The molecule has 1 aromatic rings. The summed E-state index contributed by atoms with van der Waals surface area (Å²) < 4.78 is 6.26. The van der Waals surface area contributed by atoms with Gasteiger partial charge in [0.1, 0.15) is 5.75 Å². The fraction of sp³-hybridized carbons (Fsp3) is 0.533. The zero-order valence-corrected chi connectivity index (χ0v) is 13.7. The number of hydrogen-bond donors (Lipinski definition) is 0. The largest absolute Gasteiger partial charge is 0.496 e. The quantitative estimate of drug-likeness (QED) is 0.752. The molecule has 0 saturated carbocycles. The van der Waals surface area contributed by atoms with Crippen LogP contribution in [0.4, 0.5) is 0 Å². The first kappa shape index (κ1) is 14.2. The van der Waals surface area contributed by atoms with Gasteiger partial charge in [-0.1, -0.05) is 15.9 Å². The summed E-state index contributed by atoms with van der Waals surface area (Å²) >= 11 is 9.68. The zero-order valence-electron chi connectivity index (χ0n) is 11.3. The highest BCUT2D eigenvalue weighted by Gasteiger charge is 2.43. The van der Waals surface area contributed by atoms with Crippen molar-refractivity contribution >= 4 is 33.4 Å². The van der Waals surface area contributed by atoms with Gasteiger partial charge in [-0.15, -0.1) is 11.6 Å². The number of carbonyl (C=O) groups excluding carboxylic acids is 1. The predicted octanol–water partition coefficient (Wildman–Crippen LogP) is 3.83. The minimum atomic E-state index is 0.0745. The van der Waals surface area contributed by atoms with Gasteiger partial charge in [0.15, 0.2) is 0 Å². The Morgan fingerprint density at radius 2 is 2.00 bits per heavy atom. The van der Waals surface area contributed by atoms with E-state index in [1.165, 1.54) is 0 Å². The standard InChI is InChI=1S/C15H17BrClNO2/c1-20-14-6-9(16)2-5-13(14)15(19)18-11-3-4-12(18)8-10(17)7-11/h2,5-6,10-12H,3-4,7-8H2,1H3. The van der Waals surface area contributed by atoms with Crippen LogP contribution in [0.3, 0.4) is 0 Å². The molecule has 2 fully saturated rings. The van der Waals surface area contributed by atoms with E-state index in [1.54, 1.807) is 7.11 Å². The van der Waals surface area contributed by atoms with E-state index in [1.807, 2.05) is 23.1 Å². The van der Waals surface area contributed by atoms with E-state index in [2.05, 4.69) is 15.9 Å². The van der Waals surface area contributed by atoms with Gasteiger partial charge in [0, 0.05) is 21.9 Å². The van der Waals surface area contributed by atoms with E-state index < -0.39 is 0 Å². The molecule has 2 saturated heterocycles. The maximum absolute atomic E-state index is 12.8. The molecular formula is C15H17BrClNO2. The second kappa shape index (κ2) is 5.57. The van der Waals surface area contributed by atoms with Crippen molar-refractivity contribution in [1.29, 1.82) is 0 Å². The Kier molecular flexibility index (Phi) is 3.95. The molecule has 2 heterocycles. The third-order valence-corrected chi connectivity index (χ3v) is 5.15. The van der Waals surface area contributed by atoms with Crippen molar-refractivity contribution in [2.45, 2.75) is 43.1 Å². The third kappa shape index (κ3) is 2.44. The van der Waals surface area contributed by atoms with Crippen molar-refractivity contribution in [3.63, 3.8) is 0 Å². The van der Waals surface area contributed by atoms with E-state index in [0.717, 1.165) is 30.2 Å². The summed E-state index contributed by atoms with van der Waals surface area (Å²) in [4.78, 5) is 14.9. The SMILES string of the molecule is COc1cc(Br)ccc1C(=O)N1C2CCC1CC(Cl)C2. The third-order valence-electron chi connectivity index (χ3n) is 4.30. The number of carbonyl (C=O) groups is 1. The molecule has 1 amide bonds. The van der Waals surface area contributed by atoms with Gasteiger partial charge in [-0.2, -0.15) is 0 Å². The number of alkyl halides is 1. The number of halogens is 2. The molecule has 0 spiro atoms. The van der Waals surface area contributed by atoms with Gasteiger partial charge in [-0.3, -0.25) is 4.79 Å². The Balaban J connectivity index is 1.90. The summed E-state index contributed by atoms with van der Waals surface area (Å²) in [5, 5.41) is 0.211. The number of hydrogen-bond acceptors (Lipinski definition) is 2. The fourth-order valence-electron chi connectivity index (χ4n) is 3.42. The monoisotopic (exact) mass is 357 g/mol. The molecule has 2 aliphatic rings. The molecule has 0 radical (unpaired) electrons. The Hall–Kier alpha value is -0.740. The normalized spacial score (nSPS) is 28.6. The first-order chi connectivity index (χ1) is 9.60. The highest BCUT2D eigenvalue weighted by atomic mass is 79.9. The molecule has 5 heteroatoms. The molecular weight excluding hydrogens is 342 g/mol. The number of nitrogens with zero attached hydrogens (tertiary/aromatic N) is 1. The van der Waals surface area contributed by atoms with Crippen molar-refractivity contribution in [3.8, 4) is 5.75 Å². The summed E-state index contributed by atoms with van der Waals surface area (Å²) in [6.07, 6.45) is 3.95. The molecule has 20 heavy (non-hydrogen) atoms. The van der Waals surface area contributed by atoms with Crippen LogP contribution in [0, 0.1) is 0 Å². The van der Waals surface area contributed by atoms with Crippen molar-refractivity contribution in [2.24, 2.45) is 0 Å². The van der Waals surface area contributed by atoms with E-state index >= 15 is 0 Å². The van der Waals surface area contributed by atoms with Crippen LogP contribution in [0.25, 0.3) is 0 Å². The van der Waals surface area contributed by atoms with Crippen LogP contribution in [0.2, 0.25) is 0 Å². The summed E-state index contributed by atoms with van der Waals surface area (Å²) in [5.41, 5.74) is 0.639. The number of fused-ring (bicyclic) bond motifs is 2. The number of methoxy groups -OCH3 is 1. The van der Waals surface area contributed by atoms with Crippen LogP contribution in [-0.2, 0) is 0 Å². The highest BCUT2D eigenvalue weighted by molar-refractivity contribution is 9.10. The zero-order chi connectivity index (χ0) is 14.3. The van der Waals surface area contributed by atoms with Crippen molar-refractivity contribution in [1.82, 2.24) is 4.90 Å². The second-order valence-electron chi connectivity index (χ2n) is 5.51. The van der Waals surface area contributed by atoms with Crippen LogP contribution in [0.15, 0.2) is 22.7 Å². The second-order valence-corrected chi connectivity index (χ2v) is 7.04. The minimum absolute atomic E-state index is 0.0745. The summed E-state index contributed by atoms with van der Waals surface area (Å²) in [6.45, 7) is 0. The first-order valence-corrected chi connectivity index (χ1v) is 8.13. The van der Waals surface area contributed by atoms with Crippen LogP contribution in [0.1, 0.15) is 36.0 Å². The summed E-state index contributed by atoms with van der Waals surface area (Å²) in [7, 11) is 1.60. The lowest BCUT2D eigenvalue weighted by Gasteiger charge is -2.37. The number of piperidine rings is 1. The molecule has 0 aliphatic carbocycles. The lowest BCUT2D eigenvalue weighted by atomic mass is 10.0. The maximum atomic E-state index is 12.8. The predicted molar refractivity (Wildman–Crippen MR) is 82.5 cm³/mol. The molecule has 2 bridgehead atoms. The van der Waals surface area contributed by atoms with Crippen LogP contribution in [0.5, 0.6) is 5.75 Å². The van der Waals surface area contributed by atoms with Gasteiger partial charge in [-0.25, -0.2) is 0 Å². The molecule has 3 nitrogen and oxygen atoms in total. The van der Waals surface area contributed by atoms with E-state index in [4.69, 9.17) is 16.3 Å². The lowest BCUT2D eigenvalue weighted by molar-refractivity contribution is 0.0596. The molecule has 2 atom stereocenters. The van der Waals surface area contributed by atoms with Crippen molar-refractivity contribution in [3.05, 3.63) is 28.2 Å². The fourth-order valence-corrected chi connectivity index (χ4v) is 4.17. The Bertz CT molecular complexity index is 523. The highest BCUT2D eigenvalue weighted by Crippen LogP contribution is 2.39. The lowest BCUT2D eigenvalue weighted by Crippen LogP contribution is -2.47. The number of rotatable bonds is 2. The van der Waals surface area contributed by atoms with Crippen LogP contribution >= 0.6 is 27.5 Å². The molecule has 0 N–H and O–H groups in total. The van der Waals surface area contributed by atoms with Crippen molar-refractivity contribution in [2.75, 3.05) is 7.11 Å². The topological polar surface area (TPSA) is 29.5 Å². The number of ether oxygens (including phenoxy) is 1. The maximum Gasteiger partial charge on any atom is 0.258 e. The van der Waals surface area contributed by atoms with Crippen LogP contribution < -0.4 is 4.74 Å². The Labute approximate surface area is 132 Å². The van der Waals surface area contributed by atoms with Gasteiger partial charge in [0.05, 0.1) is 12.7 Å². The molecule has 2 unspecified atom stereocenters. The molecule has 0 aromatic heterocycles. The van der Waals surface area contributed by atoms with Gasteiger partial charge < -0.3 is 9.64 Å². The van der Waals surface area contributed by atoms with E-state index in [9.17, 15) is 4.79 Å². The number of amides is 1. The van der Waals surface area contributed by atoms with E-state index in [0.29, 0.717) is 11.3 Å². The van der Waals surface area contributed by atoms with E-state index in [-0.39, 0.29) is 23.4 Å². The minimum Gasteiger partial charge on any atom is -0.496 e. The Morgan fingerprint density at radius 3 is 2.60 bits per heavy atom. The molecule has 3 rings (SSSR count). The number of benzene rings is 1. The average Bonchev–Trinajstić information content (AvgIpc) is 2.70. The molecule has 1 aromatic carbocycles. The average molecular weight is 359 g/mol. The van der Waals surface area contributed by atoms with Gasteiger partial charge in [-0.05, 0) is 43.9 Å². The van der Waals surface area contributed by atoms with Crippen molar-refractivity contribution < 1.29 is 9.53 Å². The molecule has 2 aliphatic heterocycles. The smallest absolute Gasteiger partial charge is 0.258 e. The van der Waals surface area contributed by atoms with Gasteiger partial charge in [0.2, 0.25) is 0 Å². The Morgan fingerprint density at radius 1 is 1.35 bits per heavy atom. The van der Waals surface area contributed by atoms with Gasteiger partial charge in [0.25, 0.3) is 5.91 Å². The van der Waals surface area contributed by atoms with Crippen LogP contribution in [-0.4, -0.2) is 35.4 Å². The summed E-state index contributed by atoms with van der Waals surface area (Å²) in [5.74, 6) is 0.696. The molecule has 108 valence electrons. The first-order valence-electron chi connectivity index (χ1n) is 6.90. The summed E-state index contributed by atoms with van der Waals surface area (Å²) in [6, 6.07) is 6.13.